The number of thioether (sulfide) groups is 1. The SMILES string of the molecule is Cc1cc(SC2C(=O)CC(C)(C)OC2=O)c(C(C)(C)C)cc1N(C(=O)O)C(C)(C)C. The fourth-order valence-corrected chi connectivity index (χ4v) is 4.94. The number of carbonyl (C=O) groups is 3. The van der Waals surface area contributed by atoms with Gasteiger partial charge in [-0.25, -0.2) is 4.79 Å². The number of benzene rings is 1. The van der Waals surface area contributed by atoms with Crippen LogP contribution < -0.4 is 4.90 Å². The molecule has 0 spiro atoms. The molecule has 1 aliphatic heterocycles. The van der Waals surface area contributed by atoms with Crippen molar-refractivity contribution in [3.63, 3.8) is 0 Å². The van der Waals surface area contributed by atoms with Crippen molar-refractivity contribution in [1.29, 1.82) is 0 Å². The van der Waals surface area contributed by atoms with Crippen molar-refractivity contribution in [3.8, 4) is 0 Å². The average molecular weight is 436 g/mol. The van der Waals surface area contributed by atoms with E-state index < -0.39 is 28.5 Å². The first-order valence-electron chi connectivity index (χ1n) is 10.0. The maximum atomic E-state index is 12.7. The zero-order valence-electron chi connectivity index (χ0n) is 19.4. The third-order valence-electron chi connectivity index (χ3n) is 4.94. The zero-order valence-corrected chi connectivity index (χ0v) is 20.2. The van der Waals surface area contributed by atoms with E-state index in [4.69, 9.17) is 4.74 Å². The summed E-state index contributed by atoms with van der Waals surface area (Å²) in [6.07, 6.45) is -0.853. The molecule has 1 amide bonds. The van der Waals surface area contributed by atoms with Crippen molar-refractivity contribution in [1.82, 2.24) is 0 Å². The molecular formula is C23H33NO5S. The Morgan fingerprint density at radius 1 is 1.17 bits per heavy atom. The number of ketones is 1. The number of hydrogen-bond donors (Lipinski definition) is 1. The molecule has 1 atom stereocenters. The highest BCUT2D eigenvalue weighted by molar-refractivity contribution is 8.01. The smallest absolute Gasteiger partial charge is 0.412 e. The molecule has 2 rings (SSSR count). The van der Waals surface area contributed by atoms with Gasteiger partial charge in [0.05, 0.1) is 5.69 Å². The van der Waals surface area contributed by atoms with Crippen molar-refractivity contribution in [2.24, 2.45) is 0 Å². The van der Waals surface area contributed by atoms with Gasteiger partial charge in [-0.15, -0.1) is 11.8 Å². The van der Waals surface area contributed by atoms with Gasteiger partial charge in [-0.1, -0.05) is 20.8 Å². The van der Waals surface area contributed by atoms with Gasteiger partial charge < -0.3 is 9.84 Å². The maximum absolute atomic E-state index is 12.7. The van der Waals surface area contributed by atoms with Gasteiger partial charge in [0.25, 0.3) is 0 Å². The first kappa shape index (κ1) is 24.3. The summed E-state index contributed by atoms with van der Waals surface area (Å²) >= 11 is 1.20. The van der Waals surface area contributed by atoms with Crippen LogP contribution in [0.5, 0.6) is 0 Å². The van der Waals surface area contributed by atoms with E-state index in [1.807, 2.05) is 60.6 Å². The van der Waals surface area contributed by atoms with E-state index in [-0.39, 0.29) is 17.6 Å². The second-order valence-corrected chi connectivity index (χ2v) is 11.6. The van der Waals surface area contributed by atoms with Gasteiger partial charge in [0.15, 0.2) is 11.0 Å². The molecule has 1 heterocycles. The van der Waals surface area contributed by atoms with Crippen LogP contribution in [-0.4, -0.2) is 39.3 Å². The standard InChI is InChI=1S/C23H33NO5S/c1-13-10-17(30-18-16(25)12-23(8,9)29-19(18)26)14(21(2,3)4)11-15(13)24(20(27)28)22(5,6)7/h10-11,18H,12H2,1-9H3,(H,27,28). The number of esters is 1. The highest BCUT2D eigenvalue weighted by atomic mass is 32.2. The Kier molecular flexibility index (Phi) is 6.39. The van der Waals surface area contributed by atoms with E-state index in [9.17, 15) is 19.5 Å². The molecule has 0 aromatic heterocycles. The minimum absolute atomic E-state index is 0.148. The minimum Gasteiger partial charge on any atom is -0.465 e. The summed E-state index contributed by atoms with van der Waals surface area (Å²) in [6, 6.07) is 3.75. The molecule has 6 nitrogen and oxygen atoms in total. The van der Waals surface area contributed by atoms with Crippen molar-refractivity contribution in [3.05, 3.63) is 23.3 Å². The average Bonchev–Trinajstić information content (AvgIpc) is 2.49. The van der Waals surface area contributed by atoms with E-state index in [2.05, 4.69) is 0 Å². The number of carbonyl (C=O) groups excluding carboxylic acids is 2. The molecule has 30 heavy (non-hydrogen) atoms. The number of amides is 1. The summed E-state index contributed by atoms with van der Waals surface area (Å²) in [6.45, 7) is 16.9. The number of nitrogens with zero attached hydrogens (tertiary/aromatic N) is 1. The largest absolute Gasteiger partial charge is 0.465 e. The summed E-state index contributed by atoms with van der Waals surface area (Å²) in [5, 5.41) is 8.93. The molecule has 1 fully saturated rings. The van der Waals surface area contributed by atoms with Crippen LogP contribution in [0.1, 0.15) is 72.9 Å². The molecule has 166 valence electrons. The zero-order chi connectivity index (χ0) is 23.2. The van der Waals surface area contributed by atoms with E-state index in [0.717, 1.165) is 16.0 Å². The van der Waals surface area contributed by atoms with Crippen LogP contribution >= 0.6 is 11.8 Å². The Balaban J connectivity index is 2.57. The lowest BCUT2D eigenvalue weighted by atomic mass is 9.85. The summed E-state index contributed by atoms with van der Waals surface area (Å²) in [5.41, 5.74) is 0.506. The van der Waals surface area contributed by atoms with Gasteiger partial charge in [0, 0.05) is 16.9 Å². The van der Waals surface area contributed by atoms with Crippen LogP contribution in [0.3, 0.4) is 0 Å². The van der Waals surface area contributed by atoms with Crippen LogP contribution in [-0.2, 0) is 19.7 Å². The number of Topliss-reactive ketones (excluding diaryl/α,β-unsaturated/α-hetero) is 1. The van der Waals surface area contributed by atoms with Crippen molar-refractivity contribution < 1.29 is 24.2 Å². The summed E-state index contributed by atoms with van der Waals surface area (Å²) in [4.78, 5) is 39.3. The molecule has 7 heteroatoms. The Morgan fingerprint density at radius 3 is 2.17 bits per heavy atom. The molecule has 1 N–H and O–H groups in total. The van der Waals surface area contributed by atoms with Gasteiger partial charge in [0.1, 0.15) is 5.60 Å². The first-order chi connectivity index (χ1) is 13.4. The Labute approximate surface area is 183 Å². The number of carboxylic acid groups (broad SMARTS) is 1. The summed E-state index contributed by atoms with van der Waals surface area (Å²) in [5.74, 6) is -0.672. The lowest BCUT2D eigenvalue weighted by Gasteiger charge is -2.36. The van der Waals surface area contributed by atoms with Crippen molar-refractivity contribution in [2.75, 3.05) is 4.90 Å². The van der Waals surface area contributed by atoms with Crippen LogP contribution in [0.2, 0.25) is 0 Å². The third kappa shape index (κ3) is 5.17. The Hall–Kier alpha value is -2.02. The predicted octanol–water partition coefficient (Wildman–Crippen LogP) is 5.33. The molecule has 1 saturated heterocycles. The predicted molar refractivity (Wildman–Crippen MR) is 120 cm³/mol. The number of aryl methyl sites for hydroxylation is 1. The lowest BCUT2D eigenvalue weighted by Crippen LogP contribution is -2.46. The molecule has 1 aromatic rings. The number of hydrogen-bond acceptors (Lipinski definition) is 5. The second kappa shape index (κ2) is 7.91. The number of ether oxygens (including phenoxy) is 1. The Bertz CT molecular complexity index is 857. The minimum atomic E-state index is -1.03. The number of rotatable bonds is 3. The van der Waals surface area contributed by atoms with E-state index in [0.29, 0.717) is 5.69 Å². The highest BCUT2D eigenvalue weighted by Gasteiger charge is 2.42. The van der Waals surface area contributed by atoms with Crippen LogP contribution in [0, 0.1) is 6.92 Å². The molecule has 1 aliphatic rings. The van der Waals surface area contributed by atoms with Gasteiger partial charge in [-0.05, 0) is 70.2 Å². The molecule has 0 radical (unpaired) electrons. The summed E-state index contributed by atoms with van der Waals surface area (Å²) < 4.78 is 5.46. The monoisotopic (exact) mass is 435 g/mol. The molecule has 0 saturated carbocycles. The normalized spacial score (nSPS) is 19.4. The molecule has 0 bridgehead atoms. The van der Waals surface area contributed by atoms with Crippen LogP contribution in [0.25, 0.3) is 0 Å². The first-order valence-corrected chi connectivity index (χ1v) is 10.9. The fraction of sp³-hybridized carbons (Fsp3) is 0.609. The molecule has 1 unspecified atom stereocenters. The van der Waals surface area contributed by atoms with E-state index >= 15 is 0 Å². The van der Waals surface area contributed by atoms with Gasteiger partial charge in [-0.3, -0.25) is 14.5 Å². The molecular weight excluding hydrogens is 402 g/mol. The number of cyclic esters (lactones) is 1. The third-order valence-corrected chi connectivity index (χ3v) is 6.22. The lowest BCUT2D eigenvalue weighted by molar-refractivity contribution is -0.165. The van der Waals surface area contributed by atoms with Gasteiger partial charge in [-0.2, -0.15) is 0 Å². The van der Waals surface area contributed by atoms with Crippen molar-refractivity contribution in [2.45, 2.75) is 95.4 Å². The summed E-state index contributed by atoms with van der Waals surface area (Å²) in [7, 11) is 0. The quantitative estimate of drug-likeness (QED) is 0.510. The fourth-order valence-electron chi connectivity index (χ4n) is 3.59. The second-order valence-electron chi connectivity index (χ2n) is 10.5. The van der Waals surface area contributed by atoms with Gasteiger partial charge >= 0.3 is 12.1 Å². The Morgan fingerprint density at radius 2 is 1.73 bits per heavy atom. The van der Waals surface area contributed by atoms with Crippen LogP contribution in [0.4, 0.5) is 10.5 Å². The van der Waals surface area contributed by atoms with Crippen LogP contribution in [0.15, 0.2) is 17.0 Å². The molecule has 1 aromatic carbocycles. The van der Waals surface area contributed by atoms with Gasteiger partial charge in [0.2, 0.25) is 0 Å². The highest BCUT2D eigenvalue weighted by Crippen LogP contribution is 2.42. The maximum Gasteiger partial charge on any atom is 0.412 e. The topological polar surface area (TPSA) is 83.9 Å². The van der Waals surface area contributed by atoms with E-state index in [1.54, 1.807) is 13.8 Å². The van der Waals surface area contributed by atoms with Crippen molar-refractivity contribution >= 4 is 35.3 Å². The molecule has 0 aliphatic carbocycles. The number of anilines is 1. The van der Waals surface area contributed by atoms with E-state index in [1.165, 1.54) is 16.7 Å².